The number of aryl methyl sites for hydroxylation is 1. The topological polar surface area (TPSA) is 56.6 Å². The van der Waals surface area contributed by atoms with Crippen molar-refractivity contribution in [2.75, 3.05) is 26.3 Å². The molecule has 1 atom stereocenters. The lowest BCUT2D eigenvalue weighted by Crippen LogP contribution is -2.35. The quantitative estimate of drug-likeness (QED) is 0.872. The van der Waals surface area contributed by atoms with E-state index in [9.17, 15) is 4.79 Å². The van der Waals surface area contributed by atoms with Gasteiger partial charge in [-0.3, -0.25) is 9.48 Å². The Kier molecular flexibility index (Phi) is 4.62. The molecule has 1 aromatic heterocycles. The molecule has 1 aliphatic rings. The van der Waals surface area contributed by atoms with Gasteiger partial charge in [0.15, 0.2) is 5.75 Å². The zero-order valence-corrected chi connectivity index (χ0v) is 13.4. The van der Waals surface area contributed by atoms with Crippen molar-refractivity contribution in [3.63, 3.8) is 0 Å². The first-order chi connectivity index (χ1) is 11.1. The number of rotatable bonds is 3. The summed E-state index contributed by atoms with van der Waals surface area (Å²) >= 11 is 0. The number of hydrogen-bond acceptors (Lipinski definition) is 4. The molecular weight excluding hydrogens is 294 g/mol. The Balaban J connectivity index is 1.82. The highest BCUT2D eigenvalue weighted by Gasteiger charge is 2.23. The van der Waals surface area contributed by atoms with Crippen LogP contribution in [0.1, 0.15) is 17.3 Å². The smallest absolute Gasteiger partial charge is 0.257 e. The van der Waals surface area contributed by atoms with Crippen LogP contribution in [0.15, 0.2) is 36.7 Å². The zero-order valence-electron chi connectivity index (χ0n) is 13.4. The molecule has 1 saturated heterocycles. The van der Waals surface area contributed by atoms with E-state index in [1.54, 1.807) is 29.2 Å². The van der Waals surface area contributed by atoms with Gasteiger partial charge in [-0.25, -0.2) is 0 Å². The van der Waals surface area contributed by atoms with Crippen molar-refractivity contribution < 1.29 is 14.3 Å². The Labute approximate surface area is 135 Å². The maximum absolute atomic E-state index is 12.9. The van der Waals surface area contributed by atoms with Gasteiger partial charge in [0, 0.05) is 20.1 Å². The molecular formula is C17H21N3O3. The average Bonchev–Trinajstić information content (AvgIpc) is 2.82. The monoisotopic (exact) mass is 315 g/mol. The van der Waals surface area contributed by atoms with Crippen LogP contribution in [0.25, 0.3) is 0 Å². The summed E-state index contributed by atoms with van der Waals surface area (Å²) in [5.74, 6) is 1.46. The van der Waals surface area contributed by atoms with E-state index in [1.165, 1.54) is 0 Å². The molecule has 0 radical (unpaired) electrons. The molecule has 2 heterocycles. The maximum atomic E-state index is 12.9. The van der Waals surface area contributed by atoms with E-state index in [1.807, 2.05) is 24.1 Å². The Morgan fingerprint density at radius 3 is 3.00 bits per heavy atom. The second-order valence-corrected chi connectivity index (χ2v) is 5.88. The SMILES string of the molecule is CC1COCCN(C(=O)c2ccccc2Oc2cnn(C)c2)C1. The molecule has 6 heteroatoms. The number of benzene rings is 1. The molecule has 0 aliphatic carbocycles. The molecule has 1 amide bonds. The predicted molar refractivity (Wildman–Crippen MR) is 85.6 cm³/mol. The second-order valence-electron chi connectivity index (χ2n) is 5.88. The van der Waals surface area contributed by atoms with Gasteiger partial charge in [-0.05, 0) is 18.1 Å². The fourth-order valence-electron chi connectivity index (χ4n) is 2.65. The molecule has 0 spiro atoms. The third-order valence-corrected chi connectivity index (χ3v) is 3.75. The number of aromatic nitrogens is 2. The molecule has 0 saturated carbocycles. The minimum absolute atomic E-state index is 0.0261. The Hall–Kier alpha value is -2.34. The van der Waals surface area contributed by atoms with Crippen LogP contribution in [-0.2, 0) is 11.8 Å². The largest absolute Gasteiger partial charge is 0.453 e. The lowest BCUT2D eigenvalue weighted by atomic mass is 10.1. The number of para-hydroxylation sites is 1. The minimum atomic E-state index is -0.0261. The lowest BCUT2D eigenvalue weighted by molar-refractivity contribution is 0.0735. The van der Waals surface area contributed by atoms with E-state index in [0.29, 0.717) is 49.3 Å². The van der Waals surface area contributed by atoms with Crippen LogP contribution in [0.3, 0.4) is 0 Å². The van der Waals surface area contributed by atoms with Gasteiger partial charge in [-0.2, -0.15) is 5.10 Å². The fourth-order valence-corrected chi connectivity index (χ4v) is 2.65. The number of amides is 1. The van der Waals surface area contributed by atoms with E-state index < -0.39 is 0 Å². The van der Waals surface area contributed by atoms with Crippen LogP contribution in [0.4, 0.5) is 0 Å². The highest BCUT2D eigenvalue weighted by atomic mass is 16.5. The van der Waals surface area contributed by atoms with Gasteiger partial charge in [0.1, 0.15) is 5.75 Å². The summed E-state index contributed by atoms with van der Waals surface area (Å²) in [6, 6.07) is 7.31. The lowest BCUT2D eigenvalue weighted by Gasteiger charge is -2.23. The van der Waals surface area contributed by atoms with E-state index in [4.69, 9.17) is 9.47 Å². The highest BCUT2D eigenvalue weighted by molar-refractivity contribution is 5.97. The van der Waals surface area contributed by atoms with Crippen molar-refractivity contribution in [2.24, 2.45) is 13.0 Å². The summed E-state index contributed by atoms with van der Waals surface area (Å²) in [6.07, 6.45) is 3.40. The van der Waals surface area contributed by atoms with Crippen LogP contribution in [-0.4, -0.2) is 46.9 Å². The summed E-state index contributed by atoms with van der Waals surface area (Å²) in [5.41, 5.74) is 0.561. The molecule has 1 unspecified atom stereocenters. The highest BCUT2D eigenvalue weighted by Crippen LogP contribution is 2.26. The fraction of sp³-hybridized carbons (Fsp3) is 0.412. The van der Waals surface area contributed by atoms with Gasteiger partial charge < -0.3 is 14.4 Å². The van der Waals surface area contributed by atoms with E-state index >= 15 is 0 Å². The van der Waals surface area contributed by atoms with Gasteiger partial charge in [-0.15, -0.1) is 0 Å². The van der Waals surface area contributed by atoms with E-state index in [2.05, 4.69) is 12.0 Å². The third-order valence-electron chi connectivity index (χ3n) is 3.75. The molecule has 1 aromatic carbocycles. The molecule has 23 heavy (non-hydrogen) atoms. The molecule has 1 aliphatic heterocycles. The van der Waals surface area contributed by atoms with Gasteiger partial charge >= 0.3 is 0 Å². The molecule has 122 valence electrons. The summed E-state index contributed by atoms with van der Waals surface area (Å²) in [7, 11) is 1.82. The summed E-state index contributed by atoms with van der Waals surface area (Å²) in [4.78, 5) is 14.7. The van der Waals surface area contributed by atoms with Crippen LogP contribution >= 0.6 is 0 Å². The van der Waals surface area contributed by atoms with Crippen molar-refractivity contribution in [2.45, 2.75) is 6.92 Å². The zero-order chi connectivity index (χ0) is 16.2. The molecule has 6 nitrogen and oxygen atoms in total. The Morgan fingerprint density at radius 2 is 2.22 bits per heavy atom. The molecule has 0 N–H and O–H groups in total. The molecule has 3 rings (SSSR count). The Morgan fingerprint density at radius 1 is 1.39 bits per heavy atom. The van der Waals surface area contributed by atoms with Crippen molar-refractivity contribution in [3.05, 3.63) is 42.2 Å². The van der Waals surface area contributed by atoms with Crippen LogP contribution in [0, 0.1) is 5.92 Å². The first kappa shape index (κ1) is 15.6. The van der Waals surface area contributed by atoms with Gasteiger partial charge in [0.2, 0.25) is 0 Å². The van der Waals surface area contributed by atoms with Gasteiger partial charge in [0.05, 0.1) is 31.2 Å². The van der Waals surface area contributed by atoms with Crippen molar-refractivity contribution in [1.29, 1.82) is 0 Å². The summed E-state index contributed by atoms with van der Waals surface area (Å²) in [5, 5.41) is 4.08. The summed E-state index contributed by atoms with van der Waals surface area (Å²) < 4.78 is 13.0. The van der Waals surface area contributed by atoms with Crippen LogP contribution in [0.2, 0.25) is 0 Å². The van der Waals surface area contributed by atoms with Crippen molar-refractivity contribution in [1.82, 2.24) is 14.7 Å². The first-order valence-corrected chi connectivity index (χ1v) is 7.76. The molecule has 1 fully saturated rings. The normalized spacial score (nSPS) is 18.5. The average molecular weight is 315 g/mol. The second kappa shape index (κ2) is 6.83. The number of ether oxygens (including phenoxy) is 2. The third kappa shape index (κ3) is 3.71. The van der Waals surface area contributed by atoms with Gasteiger partial charge in [0.25, 0.3) is 5.91 Å². The summed E-state index contributed by atoms with van der Waals surface area (Å²) in [6.45, 7) is 4.65. The predicted octanol–water partition coefficient (Wildman–Crippen LogP) is 2.32. The number of hydrogen-bond donors (Lipinski definition) is 0. The van der Waals surface area contributed by atoms with Crippen LogP contribution in [0.5, 0.6) is 11.5 Å². The maximum Gasteiger partial charge on any atom is 0.257 e. The van der Waals surface area contributed by atoms with Gasteiger partial charge in [-0.1, -0.05) is 19.1 Å². The standard InChI is InChI=1S/C17H21N3O3/c1-13-10-20(7-8-22-12-13)17(21)15-5-3-4-6-16(15)23-14-9-18-19(2)11-14/h3-6,9,11,13H,7-8,10,12H2,1-2H3. The van der Waals surface area contributed by atoms with Crippen molar-refractivity contribution >= 4 is 5.91 Å². The number of carbonyl (C=O) groups is 1. The minimum Gasteiger partial charge on any atom is -0.453 e. The van der Waals surface area contributed by atoms with Crippen molar-refractivity contribution in [3.8, 4) is 11.5 Å². The molecule has 2 aromatic rings. The Bertz CT molecular complexity index is 683. The first-order valence-electron chi connectivity index (χ1n) is 7.76. The van der Waals surface area contributed by atoms with E-state index in [-0.39, 0.29) is 5.91 Å². The number of carbonyl (C=O) groups excluding carboxylic acids is 1. The van der Waals surface area contributed by atoms with E-state index in [0.717, 1.165) is 0 Å². The number of nitrogens with zero attached hydrogens (tertiary/aromatic N) is 3. The molecule has 0 bridgehead atoms. The van der Waals surface area contributed by atoms with Crippen LogP contribution < -0.4 is 4.74 Å².